The third-order valence-electron chi connectivity index (χ3n) is 2.68. The predicted molar refractivity (Wildman–Crippen MR) is 69.0 cm³/mol. The van der Waals surface area contributed by atoms with Gasteiger partial charge in [0.15, 0.2) is 0 Å². The highest BCUT2D eigenvalue weighted by Gasteiger charge is 2.10. The Labute approximate surface area is 108 Å². The first-order valence-electron chi connectivity index (χ1n) is 5.41. The predicted octanol–water partition coefficient (Wildman–Crippen LogP) is 3.73. The van der Waals surface area contributed by atoms with Crippen LogP contribution in [-0.4, -0.2) is 15.0 Å². The molecule has 2 aromatic heterocycles. The molecule has 5 heteroatoms. The van der Waals surface area contributed by atoms with Crippen LogP contribution in [0.3, 0.4) is 0 Å². The van der Waals surface area contributed by atoms with Crippen LogP contribution in [0.1, 0.15) is 5.56 Å². The first-order valence-corrected chi connectivity index (χ1v) is 5.79. The quantitative estimate of drug-likeness (QED) is 0.678. The summed E-state index contributed by atoms with van der Waals surface area (Å²) >= 11 is 6.04. The van der Waals surface area contributed by atoms with E-state index in [1.165, 1.54) is 12.1 Å². The summed E-state index contributed by atoms with van der Waals surface area (Å²) in [5.74, 6) is 0.283. The Bertz CT molecular complexity index is 736. The lowest BCUT2D eigenvalue weighted by molar-refractivity contribution is 0.629. The number of aryl methyl sites for hydroxylation is 1. The first kappa shape index (κ1) is 11.2. The van der Waals surface area contributed by atoms with Crippen molar-refractivity contribution in [1.82, 2.24) is 15.0 Å². The number of benzene rings is 1. The molecular formula is C13H9ClFN3. The molecule has 0 aliphatic rings. The van der Waals surface area contributed by atoms with Gasteiger partial charge in [0.05, 0.1) is 16.6 Å². The average Bonchev–Trinajstić information content (AvgIpc) is 2.74. The van der Waals surface area contributed by atoms with E-state index in [9.17, 15) is 4.39 Å². The van der Waals surface area contributed by atoms with E-state index in [0.29, 0.717) is 22.1 Å². The molecule has 3 aromatic rings. The summed E-state index contributed by atoms with van der Waals surface area (Å²) in [6.45, 7) is 1.93. The van der Waals surface area contributed by atoms with Crippen LogP contribution in [0, 0.1) is 12.7 Å². The van der Waals surface area contributed by atoms with Gasteiger partial charge in [0.1, 0.15) is 16.8 Å². The highest BCUT2D eigenvalue weighted by atomic mass is 35.5. The molecule has 0 aliphatic carbocycles. The maximum atomic E-state index is 13.1. The Balaban J connectivity index is 2.22. The largest absolute Gasteiger partial charge is 0.338 e. The van der Waals surface area contributed by atoms with Crippen LogP contribution in [0.4, 0.5) is 4.39 Å². The zero-order valence-electron chi connectivity index (χ0n) is 9.54. The number of halogens is 2. The van der Waals surface area contributed by atoms with Crippen molar-refractivity contribution in [2.24, 2.45) is 0 Å². The van der Waals surface area contributed by atoms with Gasteiger partial charge in [0.25, 0.3) is 0 Å². The smallest absolute Gasteiger partial charge is 0.141 e. The lowest BCUT2D eigenvalue weighted by atomic mass is 10.2. The molecule has 0 amide bonds. The van der Waals surface area contributed by atoms with E-state index in [-0.39, 0.29) is 5.82 Å². The molecule has 2 heterocycles. The molecule has 0 spiro atoms. The number of nitrogens with zero attached hydrogens (tertiary/aromatic N) is 2. The van der Waals surface area contributed by atoms with Gasteiger partial charge in [0, 0.05) is 12.3 Å². The number of hydrogen-bond acceptors (Lipinski definition) is 2. The standard InChI is InChI=1S/C13H9ClFN3/c1-7-4-9(12(14)16-6-7)13-17-10-3-2-8(15)5-11(10)18-13/h2-6H,1H3,(H,17,18). The van der Waals surface area contributed by atoms with E-state index < -0.39 is 0 Å². The van der Waals surface area contributed by atoms with Crippen LogP contribution in [-0.2, 0) is 0 Å². The van der Waals surface area contributed by atoms with Crippen molar-refractivity contribution in [3.05, 3.63) is 47.0 Å². The van der Waals surface area contributed by atoms with Crippen molar-refractivity contribution in [3.63, 3.8) is 0 Å². The van der Waals surface area contributed by atoms with Crippen molar-refractivity contribution >= 4 is 22.6 Å². The summed E-state index contributed by atoms with van der Waals surface area (Å²) in [6, 6.07) is 6.31. The van der Waals surface area contributed by atoms with E-state index in [4.69, 9.17) is 11.6 Å². The average molecular weight is 262 g/mol. The van der Waals surface area contributed by atoms with E-state index in [0.717, 1.165) is 11.1 Å². The van der Waals surface area contributed by atoms with Crippen LogP contribution in [0.2, 0.25) is 5.15 Å². The zero-order chi connectivity index (χ0) is 12.7. The molecule has 0 unspecified atom stereocenters. The lowest BCUT2D eigenvalue weighted by Crippen LogP contribution is -1.87. The molecule has 0 atom stereocenters. The minimum absolute atomic E-state index is 0.311. The van der Waals surface area contributed by atoms with Gasteiger partial charge >= 0.3 is 0 Å². The van der Waals surface area contributed by atoms with Gasteiger partial charge in [-0.3, -0.25) is 0 Å². The number of H-pyrrole nitrogens is 1. The topological polar surface area (TPSA) is 41.6 Å². The number of aromatic amines is 1. The maximum absolute atomic E-state index is 13.1. The van der Waals surface area contributed by atoms with Crippen molar-refractivity contribution < 1.29 is 4.39 Å². The van der Waals surface area contributed by atoms with E-state index in [1.54, 1.807) is 12.3 Å². The minimum atomic E-state index is -0.311. The van der Waals surface area contributed by atoms with Crippen LogP contribution in [0.25, 0.3) is 22.4 Å². The molecule has 0 saturated carbocycles. The third kappa shape index (κ3) is 1.84. The van der Waals surface area contributed by atoms with Crippen molar-refractivity contribution in [1.29, 1.82) is 0 Å². The van der Waals surface area contributed by atoms with Gasteiger partial charge in [-0.2, -0.15) is 0 Å². The number of aromatic nitrogens is 3. The van der Waals surface area contributed by atoms with Crippen LogP contribution < -0.4 is 0 Å². The van der Waals surface area contributed by atoms with Crippen molar-refractivity contribution in [2.45, 2.75) is 6.92 Å². The highest BCUT2D eigenvalue weighted by molar-refractivity contribution is 6.32. The van der Waals surface area contributed by atoms with Crippen LogP contribution in [0.5, 0.6) is 0 Å². The summed E-state index contributed by atoms with van der Waals surface area (Å²) in [5.41, 5.74) is 3.04. The monoisotopic (exact) mass is 261 g/mol. The van der Waals surface area contributed by atoms with Crippen LogP contribution in [0.15, 0.2) is 30.5 Å². The summed E-state index contributed by atoms with van der Waals surface area (Å²) in [5, 5.41) is 0.375. The minimum Gasteiger partial charge on any atom is -0.338 e. The van der Waals surface area contributed by atoms with Gasteiger partial charge in [0.2, 0.25) is 0 Å². The van der Waals surface area contributed by atoms with Crippen molar-refractivity contribution in [2.75, 3.05) is 0 Å². The summed E-state index contributed by atoms with van der Waals surface area (Å²) in [4.78, 5) is 11.5. The number of rotatable bonds is 1. The molecule has 18 heavy (non-hydrogen) atoms. The fourth-order valence-corrected chi connectivity index (χ4v) is 2.02. The normalized spacial score (nSPS) is 11.1. The number of nitrogens with one attached hydrogen (secondary N) is 1. The van der Waals surface area contributed by atoms with E-state index in [1.807, 2.05) is 13.0 Å². The Morgan fingerprint density at radius 3 is 2.94 bits per heavy atom. The van der Waals surface area contributed by atoms with Gasteiger partial charge in [-0.15, -0.1) is 0 Å². The van der Waals surface area contributed by atoms with Gasteiger partial charge in [-0.25, -0.2) is 14.4 Å². The Kier molecular flexibility index (Phi) is 2.52. The number of fused-ring (bicyclic) bond motifs is 1. The Hall–Kier alpha value is -1.94. The molecule has 1 aromatic carbocycles. The van der Waals surface area contributed by atoms with Gasteiger partial charge in [-0.05, 0) is 30.7 Å². The fraction of sp³-hybridized carbons (Fsp3) is 0.0769. The Morgan fingerprint density at radius 2 is 2.11 bits per heavy atom. The molecule has 1 N–H and O–H groups in total. The molecule has 90 valence electrons. The van der Waals surface area contributed by atoms with E-state index in [2.05, 4.69) is 15.0 Å². The fourth-order valence-electron chi connectivity index (χ4n) is 1.83. The molecule has 3 nitrogen and oxygen atoms in total. The lowest BCUT2D eigenvalue weighted by Gasteiger charge is -2.00. The third-order valence-corrected chi connectivity index (χ3v) is 2.98. The second-order valence-electron chi connectivity index (χ2n) is 4.10. The molecule has 0 saturated heterocycles. The Morgan fingerprint density at radius 1 is 1.28 bits per heavy atom. The maximum Gasteiger partial charge on any atom is 0.141 e. The van der Waals surface area contributed by atoms with Gasteiger partial charge in [-0.1, -0.05) is 11.6 Å². The second kappa shape index (κ2) is 4.07. The van der Waals surface area contributed by atoms with Crippen molar-refractivity contribution in [3.8, 4) is 11.4 Å². The highest BCUT2D eigenvalue weighted by Crippen LogP contribution is 2.26. The number of pyridine rings is 1. The molecule has 0 bridgehead atoms. The molecule has 3 rings (SSSR count). The zero-order valence-corrected chi connectivity index (χ0v) is 10.3. The number of hydrogen-bond donors (Lipinski definition) is 1. The summed E-state index contributed by atoms with van der Waals surface area (Å²) in [6.07, 6.45) is 1.69. The SMILES string of the molecule is Cc1cnc(Cl)c(-c2nc3cc(F)ccc3[nH]2)c1. The first-order chi connectivity index (χ1) is 8.63. The molecule has 0 fully saturated rings. The van der Waals surface area contributed by atoms with Crippen LogP contribution >= 0.6 is 11.6 Å². The number of imidazole rings is 1. The van der Waals surface area contributed by atoms with Gasteiger partial charge < -0.3 is 4.98 Å². The molecule has 0 aliphatic heterocycles. The van der Waals surface area contributed by atoms with E-state index >= 15 is 0 Å². The molecule has 0 radical (unpaired) electrons. The summed E-state index contributed by atoms with van der Waals surface area (Å²) in [7, 11) is 0. The molecular weight excluding hydrogens is 253 g/mol. The summed E-state index contributed by atoms with van der Waals surface area (Å²) < 4.78 is 13.1. The second-order valence-corrected chi connectivity index (χ2v) is 4.46.